The second-order valence-electron chi connectivity index (χ2n) is 9.68. The molecule has 3 rings (SSSR count). The van der Waals surface area contributed by atoms with Gasteiger partial charge in [-0.1, -0.05) is 80.3 Å². The first-order chi connectivity index (χ1) is 11.5. The quantitative estimate of drug-likeness (QED) is 0.332. The van der Waals surface area contributed by atoms with Crippen molar-refractivity contribution in [3.8, 4) is 0 Å². The second kappa shape index (κ2) is 15.4. The van der Waals surface area contributed by atoms with Gasteiger partial charge in [-0.2, -0.15) is 11.1 Å². The molecule has 1 saturated heterocycles. The van der Waals surface area contributed by atoms with Gasteiger partial charge in [0.1, 0.15) is 0 Å². The van der Waals surface area contributed by atoms with E-state index in [1.807, 2.05) is 0 Å². The van der Waals surface area contributed by atoms with Gasteiger partial charge in [0.25, 0.3) is 0 Å². The molecule has 0 spiro atoms. The zero-order valence-corrected chi connectivity index (χ0v) is 24.7. The Morgan fingerprint density at radius 3 is 1.14 bits per heavy atom. The molecule has 0 N–H and O–H groups in total. The number of hydrogen-bond donors (Lipinski definition) is 0. The molecule has 158 valence electrons. The Kier molecular flexibility index (Phi) is 18.4. The molecule has 0 aromatic rings. The standard InChI is InChI=1S/2C10H15.C4H10Si.2ClH.Zr/c2*1-8-5-6-9(7-8)10(2,3)4;1-2-4-5-3-1;;;/h2*7H,6H2,1-4H3;1-5H2;2*1H;/q2*-1;;;;+4/p-2. The van der Waals surface area contributed by atoms with Crippen molar-refractivity contribution in [1.29, 1.82) is 0 Å². The van der Waals surface area contributed by atoms with Crippen molar-refractivity contribution in [2.24, 2.45) is 10.8 Å². The summed E-state index contributed by atoms with van der Waals surface area (Å²) in [6.45, 7) is 17.7. The zero-order valence-electron chi connectivity index (χ0n) is 19.4. The van der Waals surface area contributed by atoms with Crippen LogP contribution in [0.1, 0.15) is 81.1 Å². The molecule has 0 aromatic heterocycles. The topological polar surface area (TPSA) is 0 Å². The van der Waals surface area contributed by atoms with Crippen LogP contribution < -0.4 is 24.8 Å². The Morgan fingerprint density at radius 2 is 1.04 bits per heavy atom. The van der Waals surface area contributed by atoms with Crippen molar-refractivity contribution in [3.63, 3.8) is 0 Å². The Balaban J connectivity index is -0.000000332. The summed E-state index contributed by atoms with van der Waals surface area (Å²) in [7, 11) is 0.543. The second-order valence-corrected chi connectivity index (χ2v) is 11.8. The first-order valence-electron chi connectivity index (χ1n) is 10.1. The van der Waals surface area contributed by atoms with Gasteiger partial charge in [0.15, 0.2) is 0 Å². The normalized spacial score (nSPS) is 17.7. The van der Waals surface area contributed by atoms with E-state index in [4.69, 9.17) is 0 Å². The average molecular weight is 519 g/mol. The summed E-state index contributed by atoms with van der Waals surface area (Å²) < 4.78 is 0. The zero-order chi connectivity index (χ0) is 19.1. The number of halogens is 2. The summed E-state index contributed by atoms with van der Waals surface area (Å²) in [6.07, 6.45) is 16.3. The van der Waals surface area contributed by atoms with Crippen LogP contribution in [0.15, 0.2) is 34.4 Å². The van der Waals surface area contributed by atoms with Crippen molar-refractivity contribution in [1.82, 2.24) is 0 Å². The van der Waals surface area contributed by atoms with Crippen molar-refractivity contribution in [2.75, 3.05) is 0 Å². The summed E-state index contributed by atoms with van der Waals surface area (Å²) in [5.41, 5.74) is 6.28. The van der Waals surface area contributed by atoms with E-state index in [0.29, 0.717) is 20.3 Å². The average Bonchev–Trinajstić information content (AvgIpc) is 3.18. The molecule has 1 heterocycles. The number of rotatable bonds is 0. The first-order valence-corrected chi connectivity index (χ1v) is 12.1. The van der Waals surface area contributed by atoms with Crippen LogP contribution in [0.5, 0.6) is 0 Å². The van der Waals surface area contributed by atoms with Crippen LogP contribution in [-0.2, 0) is 26.2 Å². The summed E-state index contributed by atoms with van der Waals surface area (Å²) in [5, 5.41) is 0. The van der Waals surface area contributed by atoms with Gasteiger partial charge in [0.05, 0.1) is 0 Å². The molecule has 1 fully saturated rings. The molecule has 0 nitrogen and oxygen atoms in total. The molecular weight excluding hydrogens is 478 g/mol. The van der Waals surface area contributed by atoms with Crippen LogP contribution in [0, 0.1) is 23.0 Å². The van der Waals surface area contributed by atoms with E-state index in [9.17, 15) is 0 Å². The molecular formula is C24H40Cl2SiZr. The van der Waals surface area contributed by atoms with E-state index >= 15 is 0 Å². The van der Waals surface area contributed by atoms with Crippen molar-refractivity contribution in [2.45, 2.75) is 93.2 Å². The van der Waals surface area contributed by atoms with Gasteiger partial charge in [-0.25, -0.2) is 23.3 Å². The van der Waals surface area contributed by atoms with E-state index < -0.39 is 0 Å². The van der Waals surface area contributed by atoms with Crippen LogP contribution >= 0.6 is 0 Å². The molecule has 0 saturated carbocycles. The Labute approximate surface area is 209 Å². The van der Waals surface area contributed by atoms with E-state index in [1.54, 1.807) is 24.9 Å². The minimum Gasteiger partial charge on any atom is -1.00 e. The predicted octanol–water partition coefficient (Wildman–Crippen LogP) is 1.02. The van der Waals surface area contributed by atoms with Crippen molar-refractivity contribution in [3.05, 3.63) is 46.6 Å². The fourth-order valence-electron chi connectivity index (χ4n) is 3.04. The number of hydrogen-bond acceptors (Lipinski definition) is 0. The fourth-order valence-corrected chi connectivity index (χ4v) is 4.81. The molecule has 0 amide bonds. The maximum Gasteiger partial charge on any atom is 4.00 e. The van der Waals surface area contributed by atoms with E-state index in [1.165, 1.54) is 22.3 Å². The van der Waals surface area contributed by atoms with Crippen LogP contribution in [0.4, 0.5) is 0 Å². The molecule has 3 aliphatic rings. The molecule has 0 bridgehead atoms. The smallest absolute Gasteiger partial charge is 1.00 e. The van der Waals surface area contributed by atoms with E-state index in [-0.39, 0.29) is 51.0 Å². The summed E-state index contributed by atoms with van der Waals surface area (Å²) >= 11 is 0. The predicted molar refractivity (Wildman–Crippen MR) is 117 cm³/mol. The third-order valence-electron chi connectivity index (χ3n) is 5.07. The molecule has 0 aromatic carbocycles. The van der Waals surface area contributed by atoms with Gasteiger partial charge in [0.2, 0.25) is 0 Å². The minimum atomic E-state index is 0. The third kappa shape index (κ3) is 13.8. The Hall–Kier alpha value is 0.640. The van der Waals surface area contributed by atoms with Gasteiger partial charge in [-0.05, 0) is 10.8 Å². The van der Waals surface area contributed by atoms with Gasteiger partial charge >= 0.3 is 26.2 Å². The van der Waals surface area contributed by atoms with Crippen LogP contribution in [-0.4, -0.2) is 9.52 Å². The van der Waals surface area contributed by atoms with E-state index in [0.717, 1.165) is 12.8 Å². The van der Waals surface area contributed by atoms with Crippen LogP contribution in [0.25, 0.3) is 0 Å². The van der Waals surface area contributed by atoms with Crippen molar-refractivity contribution >= 4 is 9.52 Å². The van der Waals surface area contributed by atoms with Gasteiger partial charge < -0.3 is 24.8 Å². The SMILES string of the molecule is C1CC[SiH2]C1.CC1=[C-]CC(C(C)(C)C)=C1.CC1=[C-]CC(C(C)(C)C)=C1.[Cl-].[Cl-].[Zr+4]. The van der Waals surface area contributed by atoms with Crippen LogP contribution in [0.3, 0.4) is 0 Å². The molecule has 1 aliphatic heterocycles. The molecule has 0 unspecified atom stereocenters. The first kappa shape index (κ1) is 33.3. The molecule has 0 atom stereocenters. The molecule has 4 heteroatoms. The van der Waals surface area contributed by atoms with Crippen molar-refractivity contribution < 1.29 is 51.0 Å². The van der Waals surface area contributed by atoms with Crippen LogP contribution in [0.2, 0.25) is 12.1 Å². The summed E-state index contributed by atoms with van der Waals surface area (Å²) in [4.78, 5) is 0. The molecule has 0 radical (unpaired) electrons. The third-order valence-corrected chi connectivity index (χ3v) is 7.07. The summed E-state index contributed by atoms with van der Waals surface area (Å²) in [5.74, 6) is 0. The van der Waals surface area contributed by atoms with Gasteiger partial charge in [-0.3, -0.25) is 12.2 Å². The largest absolute Gasteiger partial charge is 4.00 e. The maximum absolute atomic E-state index is 3.30. The Morgan fingerprint density at radius 1 is 0.714 bits per heavy atom. The minimum absolute atomic E-state index is 0. The molecule has 2 aliphatic carbocycles. The van der Waals surface area contributed by atoms with Gasteiger partial charge in [0, 0.05) is 9.52 Å². The monoisotopic (exact) mass is 516 g/mol. The van der Waals surface area contributed by atoms with E-state index in [2.05, 4.69) is 79.7 Å². The van der Waals surface area contributed by atoms with Gasteiger partial charge in [-0.15, -0.1) is 12.8 Å². The Bertz CT molecular complexity index is 501. The fraction of sp³-hybridized carbons (Fsp3) is 0.667. The number of allylic oxidation sites excluding steroid dienone is 8. The summed E-state index contributed by atoms with van der Waals surface area (Å²) in [6, 6.07) is 3.28. The maximum atomic E-state index is 3.30. The molecule has 28 heavy (non-hydrogen) atoms.